The molecule has 0 aliphatic rings. The Morgan fingerprint density at radius 1 is 1.24 bits per heavy atom. The molecule has 154 valence electrons. The molecule has 1 aromatic carbocycles. The van der Waals surface area contributed by atoms with Gasteiger partial charge in [-0.3, -0.25) is 9.67 Å². The van der Waals surface area contributed by atoms with Gasteiger partial charge in [-0.1, -0.05) is 30.3 Å². The molecular weight excluding hydrogens is 362 g/mol. The van der Waals surface area contributed by atoms with Crippen molar-refractivity contribution in [2.45, 2.75) is 40.3 Å². The summed E-state index contributed by atoms with van der Waals surface area (Å²) in [4.78, 5) is 14.8. The Labute approximate surface area is 172 Å². The van der Waals surface area contributed by atoms with Crippen LogP contribution in [-0.4, -0.2) is 50.7 Å². The van der Waals surface area contributed by atoms with Gasteiger partial charge >= 0.3 is 0 Å². The normalized spacial score (nSPS) is 11.7. The van der Waals surface area contributed by atoms with E-state index in [0.29, 0.717) is 6.54 Å². The lowest BCUT2D eigenvalue weighted by Gasteiger charge is -2.21. The third-order valence-electron chi connectivity index (χ3n) is 4.69. The minimum Gasteiger partial charge on any atom is -0.357 e. The van der Waals surface area contributed by atoms with Gasteiger partial charge in [0.05, 0.1) is 24.1 Å². The number of nitrogens with zero attached hydrogens (tertiary/aromatic N) is 5. The van der Waals surface area contributed by atoms with Crippen LogP contribution in [0.4, 0.5) is 0 Å². The second kappa shape index (κ2) is 9.91. The summed E-state index contributed by atoms with van der Waals surface area (Å²) in [6.07, 6.45) is 2.83. The van der Waals surface area contributed by atoms with Gasteiger partial charge < -0.3 is 15.2 Å². The average Bonchev–Trinajstić information content (AvgIpc) is 3.30. The predicted molar refractivity (Wildman–Crippen MR) is 118 cm³/mol. The maximum atomic E-state index is 4.77. The van der Waals surface area contributed by atoms with Crippen LogP contribution in [-0.2, 0) is 13.1 Å². The van der Waals surface area contributed by atoms with Gasteiger partial charge in [0.1, 0.15) is 5.82 Å². The van der Waals surface area contributed by atoms with Gasteiger partial charge in [-0.15, -0.1) is 0 Å². The minimum atomic E-state index is 0.663. The molecule has 0 amide bonds. The summed E-state index contributed by atoms with van der Waals surface area (Å²) in [6.45, 7) is 9.32. The molecule has 0 atom stereocenters. The zero-order valence-corrected chi connectivity index (χ0v) is 17.8. The lowest BCUT2D eigenvalue weighted by atomic mass is 10.2. The van der Waals surface area contributed by atoms with E-state index in [1.807, 2.05) is 38.4 Å². The summed E-state index contributed by atoms with van der Waals surface area (Å²) in [5, 5.41) is 7.88. The van der Waals surface area contributed by atoms with Crippen LogP contribution in [0, 0.1) is 13.8 Å². The van der Waals surface area contributed by atoms with Crippen LogP contribution >= 0.6 is 0 Å². The van der Waals surface area contributed by atoms with E-state index in [0.717, 1.165) is 54.8 Å². The van der Waals surface area contributed by atoms with Gasteiger partial charge in [0.15, 0.2) is 5.96 Å². The maximum Gasteiger partial charge on any atom is 0.194 e. The van der Waals surface area contributed by atoms with E-state index in [-0.39, 0.29) is 0 Å². The highest BCUT2D eigenvalue weighted by molar-refractivity contribution is 5.79. The summed E-state index contributed by atoms with van der Waals surface area (Å²) in [6, 6.07) is 12.3. The van der Waals surface area contributed by atoms with Crippen molar-refractivity contribution in [1.82, 2.24) is 30.0 Å². The molecule has 3 rings (SSSR count). The van der Waals surface area contributed by atoms with Crippen molar-refractivity contribution in [2.24, 2.45) is 4.99 Å². The molecule has 0 unspecified atom stereocenters. The molecule has 7 heteroatoms. The quantitative estimate of drug-likeness (QED) is 0.350. The van der Waals surface area contributed by atoms with Crippen LogP contribution in [0.25, 0.3) is 11.3 Å². The number of imidazole rings is 1. The standard InChI is InChI=1S/C22H31N7/c1-5-23-22(24-12-9-13-29-18(3)14-17(2)27-29)28(4)16-21-25-15-20(26-21)19-10-7-6-8-11-19/h6-8,10-11,14-15H,5,9,12-13,16H2,1-4H3,(H,23,24)(H,25,26). The third kappa shape index (κ3) is 5.70. The third-order valence-corrected chi connectivity index (χ3v) is 4.69. The van der Waals surface area contributed by atoms with Gasteiger partial charge in [-0.05, 0) is 38.8 Å². The SMILES string of the molecule is CCNC(=NCCCn1nc(C)cc1C)N(C)Cc1ncc(-c2ccccc2)[nH]1. The van der Waals surface area contributed by atoms with E-state index in [1.165, 1.54) is 5.69 Å². The number of nitrogens with one attached hydrogen (secondary N) is 2. The summed E-state index contributed by atoms with van der Waals surface area (Å²) in [5.41, 5.74) is 4.43. The molecule has 0 saturated carbocycles. The zero-order chi connectivity index (χ0) is 20.6. The lowest BCUT2D eigenvalue weighted by Crippen LogP contribution is -2.38. The number of aryl methyl sites for hydroxylation is 3. The molecule has 0 fully saturated rings. The van der Waals surface area contributed by atoms with Crippen molar-refractivity contribution < 1.29 is 0 Å². The molecular formula is C22H31N7. The van der Waals surface area contributed by atoms with Gasteiger partial charge in [0.25, 0.3) is 0 Å². The number of rotatable bonds is 8. The first kappa shape index (κ1) is 20.6. The van der Waals surface area contributed by atoms with Gasteiger partial charge in [0, 0.05) is 32.4 Å². The van der Waals surface area contributed by atoms with Crippen molar-refractivity contribution >= 4 is 5.96 Å². The van der Waals surface area contributed by atoms with Crippen LogP contribution < -0.4 is 5.32 Å². The second-order valence-electron chi connectivity index (χ2n) is 7.21. The molecule has 29 heavy (non-hydrogen) atoms. The van der Waals surface area contributed by atoms with Crippen molar-refractivity contribution in [2.75, 3.05) is 20.1 Å². The number of aromatic amines is 1. The van der Waals surface area contributed by atoms with Crippen LogP contribution in [0.5, 0.6) is 0 Å². The van der Waals surface area contributed by atoms with Gasteiger partial charge in [-0.25, -0.2) is 4.98 Å². The molecule has 0 radical (unpaired) electrons. The topological polar surface area (TPSA) is 74.1 Å². The number of benzene rings is 1. The fourth-order valence-electron chi connectivity index (χ4n) is 3.28. The lowest BCUT2D eigenvalue weighted by molar-refractivity contribution is 0.462. The number of hydrogen-bond acceptors (Lipinski definition) is 3. The monoisotopic (exact) mass is 393 g/mol. The highest BCUT2D eigenvalue weighted by Gasteiger charge is 2.10. The molecule has 3 aromatic rings. The largest absolute Gasteiger partial charge is 0.357 e. The summed E-state index contributed by atoms with van der Waals surface area (Å²) in [5.74, 6) is 1.80. The fourth-order valence-corrected chi connectivity index (χ4v) is 3.28. The predicted octanol–water partition coefficient (Wildman–Crippen LogP) is 3.38. The molecule has 0 bridgehead atoms. The van der Waals surface area contributed by atoms with E-state index in [1.54, 1.807) is 0 Å². The Bertz CT molecular complexity index is 924. The molecule has 2 N–H and O–H groups in total. The highest BCUT2D eigenvalue weighted by Crippen LogP contribution is 2.16. The van der Waals surface area contributed by atoms with Crippen LogP contribution in [0.3, 0.4) is 0 Å². The van der Waals surface area contributed by atoms with Crippen molar-refractivity contribution in [3.63, 3.8) is 0 Å². The number of aromatic nitrogens is 4. The van der Waals surface area contributed by atoms with E-state index in [4.69, 9.17) is 4.99 Å². The zero-order valence-electron chi connectivity index (χ0n) is 17.8. The Balaban J connectivity index is 1.57. The van der Waals surface area contributed by atoms with Crippen molar-refractivity contribution in [3.8, 4) is 11.3 Å². The van der Waals surface area contributed by atoms with Crippen LogP contribution in [0.2, 0.25) is 0 Å². The molecule has 2 aromatic heterocycles. The van der Waals surface area contributed by atoms with Gasteiger partial charge in [-0.2, -0.15) is 5.10 Å². The Morgan fingerprint density at radius 3 is 2.72 bits per heavy atom. The first-order valence-electron chi connectivity index (χ1n) is 10.2. The maximum absolute atomic E-state index is 4.77. The molecule has 0 saturated heterocycles. The number of hydrogen-bond donors (Lipinski definition) is 2. The summed E-state index contributed by atoms with van der Waals surface area (Å²) >= 11 is 0. The molecule has 0 spiro atoms. The van der Waals surface area contributed by atoms with Crippen LogP contribution in [0.1, 0.15) is 30.6 Å². The molecule has 2 heterocycles. The second-order valence-corrected chi connectivity index (χ2v) is 7.21. The van der Waals surface area contributed by atoms with E-state index in [9.17, 15) is 0 Å². The smallest absolute Gasteiger partial charge is 0.194 e. The molecule has 0 aliphatic heterocycles. The molecule has 7 nitrogen and oxygen atoms in total. The summed E-state index contributed by atoms with van der Waals surface area (Å²) in [7, 11) is 2.03. The Kier molecular flexibility index (Phi) is 7.05. The summed E-state index contributed by atoms with van der Waals surface area (Å²) < 4.78 is 2.05. The van der Waals surface area contributed by atoms with Crippen LogP contribution in [0.15, 0.2) is 47.6 Å². The number of aliphatic imine (C=N–C) groups is 1. The average molecular weight is 394 g/mol. The number of guanidine groups is 1. The van der Waals surface area contributed by atoms with Gasteiger partial charge in [0.2, 0.25) is 0 Å². The highest BCUT2D eigenvalue weighted by atomic mass is 15.3. The van der Waals surface area contributed by atoms with E-state index in [2.05, 4.69) is 62.0 Å². The number of H-pyrrole nitrogens is 1. The first-order chi connectivity index (χ1) is 14.1. The Hall–Kier alpha value is -3.09. The van der Waals surface area contributed by atoms with Crippen molar-refractivity contribution in [3.05, 3.63) is 59.8 Å². The van der Waals surface area contributed by atoms with E-state index < -0.39 is 0 Å². The fraction of sp³-hybridized carbons (Fsp3) is 0.409. The van der Waals surface area contributed by atoms with Crippen molar-refractivity contribution in [1.29, 1.82) is 0 Å². The van der Waals surface area contributed by atoms with E-state index >= 15 is 0 Å². The first-order valence-corrected chi connectivity index (χ1v) is 10.2. The Morgan fingerprint density at radius 2 is 2.03 bits per heavy atom. The minimum absolute atomic E-state index is 0.663. The molecule has 0 aliphatic carbocycles.